The van der Waals surface area contributed by atoms with Gasteiger partial charge in [0.2, 0.25) is 0 Å². The van der Waals surface area contributed by atoms with Crippen molar-refractivity contribution in [2.75, 3.05) is 26.2 Å². The topological polar surface area (TPSA) is 30.9 Å². The Morgan fingerprint density at radius 1 is 0.958 bits per heavy atom. The Labute approximate surface area is 144 Å². The third kappa shape index (κ3) is 6.90. The molecule has 0 aromatic heterocycles. The van der Waals surface area contributed by atoms with Crippen LogP contribution in [0.1, 0.15) is 53.4 Å². The molecule has 4 nitrogen and oxygen atoms in total. The van der Waals surface area contributed by atoms with Crippen molar-refractivity contribution in [2.45, 2.75) is 89.8 Å². The highest BCUT2D eigenvalue weighted by molar-refractivity contribution is 4.85. The molecule has 1 saturated carbocycles. The predicted octanol–water partition coefficient (Wildman–Crippen LogP) is 3.48. The Balaban J connectivity index is 1.60. The third-order valence-corrected chi connectivity index (χ3v) is 4.52. The number of ether oxygens (including phenoxy) is 3. The van der Waals surface area contributed by atoms with Crippen LogP contribution in [-0.2, 0) is 14.2 Å². The second-order valence-electron chi connectivity index (χ2n) is 7.73. The van der Waals surface area contributed by atoms with E-state index >= 15 is 0 Å². The molecule has 0 unspecified atom stereocenters. The van der Waals surface area contributed by atoms with Crippen LogP contribution < -0.4 is 0 Å². The zero-order valence-corrected chi connectivity index (χ0v) is 15.5. The molecule has 2 aliphatic rings. The van der Waals surface area contributed by atoms with E-state index in [1.807, 2.05) is 18.7 Å². The van der Waals surface area contributed by atoms with Gasteiger partial charge in [0, 0.05) is 13.1 Å². The standard InChI is InChI=1S/C18H33F2NO3/c1-13(2)22-12-18(19,20)11-21-7-5-15(6-8-21)24-17-9-16(10-17)23-14(3)4/h13-17H,5-12H2,1-4H3. The van der Waals surface area contributed by atoms with Crippen LogP contribution in [0.2, 0.25) is 0 Å². The average Bonchev–Trinajstić information content (AvgIpc) is 2.44. The van der Waals surface area contributed by atoms with Gasteiger partial charge in [0.05, 0.1) is 37.1 Å². The molecule has 142 valence electrons. The quantitative estimate of drug-likeness (QED) is 0.638. The number of alkyl halides is 2. The van der Waals surface area contributed by atoms with Gasteiger partial charge in [-0.15, -0.1) is 0 Å². The summed E-state index contributed by atoms with van der Waals surface area (Å²) in [6.07, 6.45) is 4.49. The van der Waals surface area contributed by atoms with Crippen molar-refractivity contribution in [2.24, 2.45) is 0 Å². The van der Waals surface area contributed by atoms with Gasteiger partial charge in [0.15, 0.2) is 0 Å². The SMILES string of the molecule is CC(C)OCC(F)(F)CN1CCC(OC2CC(OC(C)C)C2)CC1. The fourth-order valence-corrected chi connectivity index (χ4v) is 3.26. The first-order valence-corrected chi connectivity index (χ1v) is 9.26. The first kappa shape index (κ1) is 20.0. The van der Waals surface area contributed by atoms with Crippen LogP contribution in [0.25, 0.3) is 0 Å². The number of hydrogen-bond donors (Lipinski definition) is 0. The summed E-state index contributed by atoms with van der Waals surface area (Å²) in [5.41, 5.74) is 0. The van der Waals surface area contributed by atoms with E-state index in [0.29, 0.717) is 19.2 Å². The van der Waals surface area contributed by atoms with Gasteiger partial charge in [-0.3, -0.25) is 4.90 Å². The molecule has 0 amide bonds. The lowest BCUT2D eigenvalue weighted by atomic mass is 9.91. The van der Waals surface area contributed by atoms with E-state index in [1.165, 1.54) is 0 Å². The van der Waals surface area contributed by atoms with Crippen molar-refractivity contribution in [3.63, 3.8) is 0 Å². The Kier molecular flexibility index (Phi) is 7.40. The summed E-state index contributed by atoms with van der Waals surface area (Å²) >= 11 is 0. The summed E-state index contributed by atoms with van der Waals surface area (Å²) < 4.78 is 44.6. The molecule has 2 rings (SSSR count). The lowest BCUT2D eigenvalue weighted by Gasteiger charge is -2.40. The van der Waals surface area contributed by atoms with Gasteiger partial charge < -0.3 is 14.2 Å². The van der Waals surface area contributed by atoms with Crippen LogP contribution in [0.3, 0.4) is 0 Å². The summed E-state index contributed by atoms with van der Waals surface area (Å²) in [5.74, 6) is -2.78. The summed E-state index contributed by atoms with van der Waals surface area (Å²) in [7, 11) is 0. The molecule has 1 aliphatic heterocycles. The smallest absolute Gasteiger partial charge is 0.283 e. The highest BCUT2D eigenvalue weighted by atomic mass is 19.3. The zero-order chi connectivity index (χ0) is 17.7. The molecule has 0 atom stereocenters. The lowest BCUT2D eigenvalue weighted by Crippen LogP contribution is -2.47. The molecule has 0 bridgehead atoms. The van der Waals surface area contributed by atoms with Gasteiger partial charge in [0.1, 0.15) is 6.61 Å². The summed E-state index contributed by atoms with van der Waals surface area (Å²) in [4.78, 5) is 1.83. The van der Waals surface area contributed by atoms with Gasteiger partial charge >= 0.3 is 0 Å². The number of nitrogens with zero attached hydrogens (tertiary/aromatic N) is 1. The summed E-state index contributed by atoms with van der Waals surface area (Å²) in [6.45, 7) is 8.26. The van der Waals surface area contributed by atoms with Crippen LogP contribution >= 0.6 is 0 Å². The largest absolute Gasteiger partial charge is 0.375 e. The molecule has 0 spiro atoms. The van der Waals surface area contributed by atoms with E-state index in [2.05, 4.69) is 0 Å². The third-order valence-electron chi connectivity index (χ3n) is 4.52. The van der Waals surface area contributed by atoms with Gasteiger partial charge in [-0.2, -0.15) is 0 Å². The van der Waals surface area contributed by atoms with Crippen molar-refractivity contribution >= 4 is 0 Å². The molecule has 0 aromatic carbocycles. The minimum Gasteiger partial charge on any atom is -0.375 e. The minimum absolute atomic E-state index is 0.166. The summed E-state index contributed by atoms with van der Waals surface area (Å²) in [6, 6.07) is 0. The van der Waals surface area contributed by atoms with E-state index in [-0.39, 0.29) is 31.0 Å². The molecule has 0 radical (unpaired) electrons. The lowest BCUT2D eigenvalue weighted by molar-refractivity contribution is -0.151. The molecule has 0 N–H and O–H groups in total. The van der Waals surface area contributed by atoms with E-state index in [4.69, 9.17) is 14.2 Å². The molecule has 1 aliphatic carbocycles. The maximum Gasteiger partial charge on any atom is 0.283 e. The van der Waals surface area contributed by atoms with E-state index in [0.717, 1.165) is 25.7 Å². The van der Waals surface area contributed by atoms with Crippen LogP contribution in [0.15, 0.2) is 0 Å². The molecule has 2 fully saturated rings. The van der Waals surface area contributed by atoms with E-state index in [9.17, 15) is 8.78 Å². The second-order valence-corrected chi connectivity index (χ2v) is 7.73. The first-order chi connectivity index (χ1) is 11.2. The molecular formula is C18H33F2NO3. The molecule has 1 saturated heterocycles. The monoisotopic (exact) mass is 349 g/mol. The number of likely N-dealkylation sites (tertiary alicyclic amines) is 1. The van der Waals surface area contributed by atoms with Crippen molar-refractivity contribution < 1.29 is 23.0 Å². The van der Waals surface area contributed by atoms with Crippen LogP contribution in [0.5, 0.6) is 0 Å². The Morgan fingerprint density at radius 2 is 1.58 bits per heavy atom. The highest BCUT2D eigenvalue weighted by Gasteiger charge is 2.36. The maximum absolute atomic E-state index is 13.9. The Hall–Kier alpha value is -0.300. The summed E-state index contributed by atoms with van der Waals surface area (Å²) in [5, 5.41) is 0. The second kappa shape index (κ2) is 8.88. The first-order valence-electron chi connectivity index (χ1n) is 9.26. The molecule has 6 heteroatoms. The zero-order valence-electron chi connectivity index (χ0n) is 15.5. The number of rotatable bonds is 9. The number of piperidine rings is 1. The van der Waals surface area contributed by atoms with E-state index in [1.54, 1.807) is 13.8 Å². The average molecular weight is 349 g/mol. The molecular weight excluding hydrogens is 316 g/mol. The van der Waals surface area contributed by atoms with Crippen LogP contribution in [0.4, 0.5) is 8.78 Å². The highest BCUT2D eigenvalue weighted by Crippen LogP contribution is 2.30. The molecule has 24 heavy (non-hydrogen) atoms. The minimum atomic E-state index is -2.78. The van der Waals surface area contributed by atoms with Crippen molar-refractivity contribution in [3.8, 4) is 0 Å². The van der Waals surface area contributed by atoms with Gasteiger partial charge in [0.25, 0.3) is 5.92 Å². The fraction of sp³-hybridized carbons (Fsp3) is 1.00. The number of halogens is 2. The van der Waals surface area contributed by atoms with Crippen LogP contribution in [-0.4, -0.2) is 67.6 Å². The predicted molar refractivity (Wildman–Crippen MR) is 89.6 cm³/mol. The van der Waals surface area contributed by atoms with Crippen molar-refractivity contribution in [1.82, 2.24) is 4.90 Å². The van der Waals surface area contributed by atoms with Crippen molar-refractivity contribution in [1.29, 1.82) is 0 Å². The van der Waals surface area contributed by atoms with Gasteiger partial charge in [-0.1, -0.05) is 0 Å². The molecule has 0 aromatic rings. The van der Waals surface area contributed by atoms with Gasteiger partial charge in [-0.25, -0.2) is 8.78 Å². The normalized spacial score (nSPS) is 27.0. The van der Waals surface area contributed by atoms with Crippen molar-refractivity contribution in [3.05, 3.63) is 0 Å². The van der Waals surface area contributed by atoms with Crippen LogP contribution in [0, 0.1) is 0 Å². The Morgan fingerprint density at radius 3 is 2.12 bits per heavy atom. The number of hydrogen-bond acceptors (Lipinski definition) is 4. The Bertz CT molecular complexity index is 365. The van der Waals surface area contributed by atoms with Gasteiger partial charge in [-0.05, 0) is 53.4 Å². The fourth-order valence-electron chi connectivity index (χ4n) is 3.26. The molecule has 1 heterocycles. The maximum atomic E-state index is 13.9. The van der Waals surface area contributed by atoms with E-state index < -0.39 is 12.5 Å².